The molecule has 0 unspecified atom stereocenters. The van der Waals surface area contributed by atoms with Gasteiger partial charge in [0.25, 0.3) is 5.91 Å². The zero-order valence-electron chi connectivity index (χ0n) is 15.6. The molecule has 2 rings (SSSR count). The number of benzene rings is 2. The van der Waals surface area contributed by atoms with Crippen molar-refractivity contribution >= 4 is 5.91 Å². The number of hydrogen-bond donors (Lipinski definition) is 1. The first-order valence-corrected chi connectivity index (χ1v) is 8.62. The highest BCUT2D eigenvalue weighted by atomic mass is 16.5. The third-order valence-electron chi connectivity index (χ3n) is 4.23. The van der Waals surface area contributed by atoms with E-state index in [4.69, 9.17) is 9.47 Å². The molecule has 0 aromatic heterocycles. The number of hydrogen-bond acceptors (Lipinski definition) is 3. The Morgan fingerprint density at radius 2 is 1.84 bits per heavy atom. The first-order valence-electron chi connectivity index (χ1n) is 8.62. The van der Waals surface area contributed by atoms with Crippen molar-refractivity contribution in [2.75, 3.05) is 7.11 Å². The molecule has 0 fully saturated rings. The maximum absolute atomic E-state index is 12.6. The second-order valence-corrected chi connectivity index (χ2v) is 6.28. The summed E-state index contributed by atoms with van der Waals surface area (Å²) in [7, 11) is 1.61. The molecule has 1 N–H and O–H groups in total. The summed E-state index contributed by atoms with van der Waals surface area (Å²) in [6.45, 7) is 8.06. The summed E-state index contributed by atoms with van der Waals surface area (Å²) >= 11 is 0. The number of amides is 1. The molecule has 4 nitrogen and oxygen atoms in total. The molecule has 0 radical (unpaired) electrons. The Morgan fingerprint density at radius 3 is 2.48 bits per heavy atom. The van der Waals surface area contributed by atoms with Gasteiger partial charge in [-0.05, 0) is 50.5 Å². The van der Waals surface area contributed by atoms with Gasteiger partial charge in [-0.1, -0.05) is 36.8 Å². The maximum atomic E-state index is 12.6. The molecule has 0 bridgehead atoms. The average Bonchev–Trinajstić information content (AvgIpc) is 2.59. The van der Waals surface area contributed by atoms with Crippen LogP contribution in [-0.4, -0.2) is 19.1 Å². The van der Waals surface area contributed by atoms with Gasteiger partial charge in [0.05, 0.1) is 13.2 Å². The highest BCUT2D eigenvalue weighted by Crippen LogP contribution is 2.22. The number of carbonyl (C=O) groups excluding carboxylic acids is 1. The standard InChI is InChI=1S/C21H27NO3/c1-6-20(25-18-9-7-8-17(13-18)24-5)21(23)22-16(4)19-11-10-14(2)12-15(19)3/h7-13,16,20H,6H2,1-5H3,(H,22,23)/t16-,20-/m1/s1. The van der Waals surface area contributed by atoms with E-state index in [1.54, 1.807) is 13.2 Å². The van der Waals surface area contributed by atoms with Gasteiger partial charge in [0.15, 0.2) is 6.10 Å². The topological polar surface area (TPSA) is 47.6 Å². The van der Waals surface area contributed by atoms with E-state index in [-0.39, 0.29) is 11.9 Å². The van der Waals surface area contributed by atoms with Crippen LogP contribution in [-0.2, 0) is 4.79 Å². The van der Waals surface area contributed by atoms with Crippen LogP contribution >= 0.6 is 0 Å². The van der Waals surface area contributed by atoms with Crippen molar-refractivity contribution in [3.63, 3.8) is 0 Å². The molecule has 0 spiro atoms. The zero-order valence-corrected chi connectivity index (χ0v) is 15.6. The Labute approximate surface area is 150 Å². The summed E-state index contributed by atoms with van der Waals surface area (Å²) in [5.74, 6) is 1.22. The predicted molar refractivity (Wildman–Crippen MR) is 100 cm³/mol. The molecule has 25 heavy (non-hydrogen) atoms. The minimum atomic E-state index is -0.541. The minimum absolute atomic E-state index is 0.0731. The van der Waals surface area contributed by atoms with Crippen LogP contribution in [0.3, 0.4) is 0 Å². The van der Waals surface area contributed by atoms with Crippen molar-refractivity contribution in [2.45, 2.75) is 46.3 Å². The summed E-state index contributed by atoms with van der Waals surface area (Å²) in [6, 6.07) is 13.5. The van der Waals surface area contributed by atoms with Gasteiger partial charge in [0.2, 0.25) is 0 Å². The summed E-state index contributed by atoms with van der Waals surface area (Å²) in [4.78, 5) is 12.6. The summed E-state index contributed by atoms with van der Waals surface area (Å²) in [5, 5.41) is 3.06. The molecular weight excluding hydrogens is 314 g/mol. The van der Waals surface area contributed by atoms with Crippen LogP contribution in [0.15, 0.2) is 42.5 Å². The number of nitrogens with one attached hydrogen (secondary N) is 1. The lowest BCUT2D eigenvalue weighted by atomic mass is 10.00. The summed E-state index contributed by atoms with van der Waals surface area (Å²) in [6.07, 6.45) is 0.0446. The van der Waals surface area contributed by atoms with Gasteiger partial charge in [-0.25, -0.2) is 0 Å². The molecule has 1 amide bonds. The number of methoxy groups -OCH3 is 1. The molecule has 134 valence electrons. The monoisotopic (exact) mass is 341 g/mol. The van der Waals surface area contributed by atoms with E-state index in [0.717, 1.165) is 5.56 Å². The smallest absolute Gasteiger partial charge is 0.261 e. The Morgan fingerprint density at radius 1 is 1.12 bits per heavy atom. The first kappa shape index (κ1) is 18.8. The third-order valence-corrected chi connectivity index (χ3v) is 4.23. The summed E-state index contributed by atoms with van der Waals surface area (Å²) in [5.41, 5.74) is 3.51. The fourth-order valence-corrected chi connectivity index (χ4v) is 2.86. The van der Waals surface area contributed by atoms with Crippen LogP contribution in [0.5, 0.6) is 11.5 Å². The lowest BCUT2D eigenvalue weighted by molar-refractivity contribution is -0.128. The van der Waals surface area contributed by atoms with Crippen molar-refractivity contribution in [1.29, 1.82) is 0 Å². The van der Waals surface area contributed by atoms with Crippen molar-refractivity contribution < 1.29 is 14.3 Å². The molecule has 2 aromatic rings. The van der Waals surface area contributed by atoms with E-state index < -0.39 is 6.10 Å². The Bertz CT molecular complexity index is 727. The van der Waals surface area contributed by atoms with E-state index >= 15 is 0 Å². The molecule has 2 atom stereocenters. The zero-order chi connectivity index (χ0) is 18.4. The van der Waals surface area contributed by atoms with Gasteiger partial charge >= 0.3 is 0 Å². The van der Waals surface area contributed by atoms with E-state index in [9.17, 15) is 4.79 Å². The van der Waals surface area contributed by atoms with Gasteiger partial charge in [-0.2, -0.15) is 0 Å². The van der Waals surface area contributed by atoms with Crippen LogP contribution in [0.4, 0.5) is 0 Å². The Hall–Kier alpha value is -2.49. The number of carbonyl (C=O) groups is 1. The van der Waals surface area contributed by atoms with Gasteiger partial charge < -0.3 is 14.8 Å². The normalized spacial score (nSPS) is 13.0. The van der Waals surface area contributed by atoms with E-state index in [0.29, 0.717) is 17.9 Å². The number of ether oxygens (including phenoxy) is 2. The second-order valence-electron chi connectivity index (χ2n) is 6.28. The predicted octanol–water partition coefficient (Wildman–Crippen LogP) is 4.35. The van der Waals surface area contributed by atoms with Crippen molar-refractivity contribution in [3.8, 4) is 11.5 Å². The highest BCUT2D eigenvalue weighted by molar-refractivity contribution is 5.81. The molecule has 4 heteroatoms. The molecule has 2 aromatic carbocycles. The van der Waals surface area contributed by atoms with E-state index in [1.165, 1.54) is 11.1 Å². The van der Waals surface area contributed by atoms with E-state index in [1.807, 2.05) is 32.0 Å². The van der Waals surface area contributed by atoms with Gasteiger partial charge in [-0.3, -0.25) is 4.79 Å². The van der Waals surface area contributed by atoms with Crippen LogP contribution < -0.4 is 14.8 Å². The quantitative estimate of drug-likeness (QED) is 0.814. The van der Waals surface area contributed by atoms with Crippen molar-refractivity contribution in [1.82, 2.24) is 5.32 Å². The largest absolute Gasteiger partial charge is 0.497 e. The molecule has 0 aliphatic heterocycles. The third kappa shape index (κ3) is 4.99. The first-order chi connectivity index (χ1) is 11.9. The van der Waals surface area contributed by atoms with Crippen LogP contribution in [0.1, 0.15) is 43.0 Å². The molecule has 0 aliphatic carbocycles. The van der Waals surface area contributed by atoms with Crippen LogP contribution in [0, 0.1) is 13.8 Å². The fourth-order valence-electron chi connectivity index (χ4n) is 2.86. The Balaban J connectivity index is 2.06. The van der Waals surface area contributed by atoms with Crippen molar-refractivity contribution in [3.05, 3.63) is 59.2 Å². The van der Waals surface area contributed by atoms with E-state index in [2.05, 4.69) is 37.4 Å². The van der Waals surface area contributed by atoms with Crippen molar-refractivity contribution in [2.24, 2.45) is 0 Å². The highest BCUT2D eigenvalue weighted by Gasteiger charge is 2.21. The van der Waals surface area contributed by atoms with Gasteiger partial charge in [-0.15, -0.1) is 0 Å². The lowest BCUT2D eigenvalue weighted by Crippen LogP contribution is -2.39. The maximum Gasteiger partial charge on any atom is 0.261 e. The fraction of sp³-hybridized carbons (Fsp3) is 0.381. The molecule has 0 heterocycles. The molecule has 0 saturated heterocycles. The second kappa shape index (κ2) is 8.56. The number of aryl methyl sites for hydroxylation is 2. The Kier molecular flexibility index (Phi) is 6.45. The summed E-state index contributed by atoms with van der Waals surface area (Å²) < 4.78 is 11.1. The number of rotatable bonds is 7. The van der Waals surface area contributed by atoms with Crippen LogP contribution in [0.25, 0.3) is 0 Å². The van der Waals surface area contributed by atoms with Gasteiger partial charge in [0.1, 0.15) is 11.5 Å². The van der Waals surface area contributed by atoms with Gasteiger partial charge in [0, 0.05) is 6.07 Å². The average molecular weight is 341 g/mol. The lowest BCUT2D eigenvalue weighted by Gasteiger charge is -2.22. The van der Waals surface area contributed by atoms with Crippen LogP contribution in [0.2, 0.25) is 0 Å². The molecule has 0 aliphatic rings. The minimum Gasteiger partial charge on any atom is -0.497 e. The SMILES string of the molecule is CC[C@@H](Oc1cccc(OC)c1)C(=O)N[C@H](C)c1ccc(C)cc1C. The molecule has 0 saturated carbocycles. The molecular formula is C21H27NO3.